The van der Waals surface area contributed by atoms with Crippen molar-refractivity contribution < 1.29 is 80.6 Å². The van der Waals surface area contributed by atoms with Crippen molar-refractivity contribution in [1.82, 2.24) is 24.9 Å². The quantitative estimate of drug-likeness (QED) is 0.121. The summed E-state index contributed by atoms with van der Waals surface area (Å²) < 4.78 is 241. The minimum Gasteiger partial charge on any atom is -0.437 e. The molecule has 0 spiro atoms. The number of fused-ring (bicyclic) bond motifs is 15. The van der Waals surface area contributed by atoms with Crippen molar-refractivity contribution in [2.45, 2.75) is 175 Å². The number of pyridine rings is 10. The van der Waals surface area contributed by atoms with Gasteiger partial charge in [0.1, 0.15) is 35.2 Å². The van der Waals surface area contributed by atoms with Gasteiger partial charge in [0, 0.05) is 182 Å². The number of hydrogen-bond donors (Lipinski definition) is 0. The Morgan fingerprint density at radius 2 is 0.609 bits per heavy atom. The fourth-order valence-electron chi connectivity index (χ4n) is 16.9. The lowest BCUT2D eigenvalue weighted by atomic mass is 9.90. The Hall–Kier alpha value is -13.4. The highest BCUT2D eigenvalue weighted by atomic mass is 16.4. The van der Waals surface area contributed by atoms with Gasteiger partial charge in [0.25, 0.3) is 0 Å². The van der Waals surface area contributed by atoms with Gasteiger partial charge in [0.2, 0.25) is 57.0 Å². The first kappa shape index (κ1) is 61.1. The number of nitrogens with zero attached hydrogens (tertiary/aromatic N) is 10. The smallest absolute Gasteiger partial charge is 0.227 e. The molecule has 15 heteroatoms. The van der Waals surface area contributed by atoms with E-state index in [0.29, 0.717) is 78.8 Å². The highest BCUT2D eigenvalue weighted by Gasteiger charge is 2.29. The average Bonchev–Trinajstić information content (AvgIpc) is 1.67. The summed E-state index contributed by atoms with van der Waals surface area (Å²) >= 11 is 0. The summed E-state index contributed by atoms with van der Waals surface area (Å²) in [4.78, 5) is 23.0. The second kappa shape index (κ2) is 35.1. The van der Waals surface area contributed by atoms with Gasteiger partial charge in [-0.1, -0.05) is 137 Å². The lowest BCUT2D eigenvalue weighted by Gasteiger charge is -2.16. The standard InChI is InChI=1S/C24H27N2O.2C23H25N2O.C22H23N2O.C21H21N2O/c1-15-7-12-20(26(6)14-15)21-16(2)8-10-18-19-11-9-17(13-24(3,4)5)25-23(19)27-22(18)21;1-14-7-11-18(25(6)13-14)20-15(2)8-9-16-17-10-12-19(23(3,4)5)24-22(17)26-21(16)20;1-14(2)12-17-8-10-19-18-9-7-16(4)21(22(18)26-23(19)24-17)20-11-6-15(3)13-25(20)5;1-13(2)18-10-9-17-16-8-7-15(4)20(21(16)25-22(17)23-18)19-11-6-14(3)12-24(19)5;1-5-15-8-10-17-16-9-7-14(3)19(20(16)24-21(17)22-15)18-11-6-13(2)12-23(18)4/h7-12,14H,13H2,1-6H3;7-13H,1-6H3;6-11,13-14H,12H2,1-5H3;6-13H,1-5H3;6-12H,5H2,1-4H3/q5*+1/i1D3,3D3,4D3;1D3;1D3,3D3,14D;3D3,13D;2D3. The van der Waals surface area contributed by atoms with E-state index in [1.807, 2.05) is 148 Å². The SMILES string of the molecule is [2H]C([2H])([2H])c1ccc(-c2c(C)ccc3c2oc2nc(C(C)(C)C)ccc23)[n+](C)c1.[2H]C([2H])([2H])c1ccc(-c2c(C)ccc3c2oc2nc(C([2H])(C)C)ccc23)[n+](C)c1.[2H]C([2H])([2H])c1ccc(-c2c(C)ccc3c2oc2nc(CC(C)(C([2H])([2H])[2H])C([2H])([2H])[2H])ccc23)[n+](C)c1.[2H]C([2H])([2H])c1ccc(-c2c(C)ccc3c2oc2nc(CC([2H])(C)C([2H])([2H])[2H])ccc23)[n+](C)c1.[2H]C([2H])([2H])c1ccc(-c2c(C)ccc3c2oc2nc(CC)ccc23)[n+](C)c1. The molecule has 0 saturated carbocycles. The van der Waals surface area contributed by atoms with Crippen LogP contribution in [0.2, 0.25) is 0 Å². The largest absolute Gasteiger partial charge is 0.437 e. The number of aromatic nitrogens is 10. The van der Waals surface area contributed by atoms with Crippen molar-refractivity contribution in [3.8, 4) is 56.3 Å². The third-order valence-electron chi connectivity index (χ3n) is 23.3. The zero-order valence-corrected chi connectivity index (χ0v) is 75.3. The van der Waals surface area contributed by atoms with Crippen LogP contribution in [0.3, 0.4) is 0 Å². The first-order chi connectivity index (χ1) is 71.3. The molecule has 0 bridgehead atoms. The zero-order chi connectivity index (χ0) is 113. The van der Waals surface area contributed by atoms with Crippen LogP contribution in [0.4, 0.5) is 0 Å². The van der Waals surface area contributed by atoms with Gasteiger partial charge in [-0.05, 0) is 224 Å². The molecule has 15 nitrogen and oxygen atoms in total. The molecule has 0 N–H and O–H groups in total. The van der Waals surface area contributed by atoms with Gasteiger partial charge >= 0.3 is 0 Å². The molecule has 0 aliphatic heterocycles. The molecule has 0 amide bonds. The van der Waals surface area contributed by atoms with Crippen molar-refractivity contribution >= 4 is 110 Å². The van der Waals surface area contributed by atoms with Crippen molar-refractivity contribution in [3.05, 3.63) is 297 Å². The number of rotatable bonds is 10. The summed E-state index contributed by atoms with van der Waals surface area (Å²) in [6.45, 7) is 5.93. The molecule has 15 heterocycles. The lowest BCUT2D eigenvalue weighted by molar-refractivity contribution is -0.660. The van der Waals surface area contributed by atoms with Crippen LogP contribution in [0.5, 0.6) is 0 Å². The fourth-order valence-corrected chi connectivity index (χ4v) is 16.9. The van der Waals surface area contributed by atoms with Crippen LogP contribution in [0, 0.1) is 80.2 Å². The molecular formula is C113H121N10O5+5. The first-order valence-electron chi connectivity index (χ1n) is 55.5. The molecule has 20 rings (SSSR count). The van der Waals surface area contributed by atoms with Crippen LogP contribution in [-0.4, -0.2) is 24.9 Å². The second-order valence-corrected chi connectivity index (χ2v) is 34.9. The second-order valence-electron chi connectivity index (χ2n) is 34.9. The van der Waals surface area contributed by atoms with Crippen molar-refractivity contribution in [2.75, 3.05) is 0 Å². The van der Waals surface area contributed by atoms with E-state index >= 15 is 0 Å². The first-order valence-corrected chi connectivity index (χ1v) is 42.5. The Balaban J connectivity index is 0.000000137. The predicted octanol–water partition coefficient (Wildman–Crippen LogP) is 26.2. The molecule has 0 saturated heterocycles. The maximum absolute atomic E-state index is 8.24. The van der Waals surface area contributed by atoms with E-state index in [4.69, 9.17) is 62.7 Å². The number of benzene rings is 5. The molecule has 1 atom stereocenters. The third kappa shape index (κ3) is 17.6. The Morgan fingerprint density at radius 3 is 0.906 bits per heavy atom. The van der Waals surface area contributed by atoms with E-state index in [1.54, 1.807) is 129 Å². The van der Waals surface area contributed by atoms with Crippen LogP contribution in [0.25, 0.3) is 167 Å². The Kier molecular flexibility index (Phi) is 16.7. The summed E-state index contributed by atoms with van der Waals surface area (Å²) in [6, 6.07) is 56.3. The average molecular weight is 1730 g/mol. The van der Waals surface area contributed by atoms with Gasteiger partial charge in [-0.2, -0.15) is 0 Å². The van der Waals surface area contributed by atoms with Gasteiger partial charge in [-0.25, -0.2) is 47.8 Å². The van der Waals surface area contributed by atoms with Crippen LogP contribution in [-0.2, 0) is 59.9 Å². The van der Waals surface area contributed by atoms with E-state index in [1.165, 1.54) is 13.8 Å². The minimum absolute atomic E-state index is 0.0338. The maximum atomic E-state index is 8.24. The molecule has 1 unspecified atom stereocenters. The molecule has 0 aliphatic rings. The van der Waals surface area contributed by atoms with E-state index in [-0.39, 0.29) is 35.1 Å². The van der Waals surface area contributed by atoms with E-state index in [2.05, 4.69) is 90.1 Å². The minimum atomic E-state index is -2.72. The highest BCUT2D eigenvalue weighted by Crippen LogP contribution is 2.44. The van der Waals surface area contributed by atoms with Crippen molar-refractivity contribution in [3.63, 3.8) is 0 Å². The summed E-state index contributed by atoms with van der Waals surface area (Å²) in [5, 5.41) is 8.99. The van der Waals surface area contributed by atoms with Crippen molar-refractivity contribution in [1.29, 1.82) is 0 Å². The third-order valence-corrected chi connectivity index (χ3v) is 23.3. The molecule has 0 radical (unpaired) electrons. The fraction of sp³-hybridized carbons (Fsp3) is 0.292. The van der Waals surface area contributed by atoms with E-state index < -0.39 is 72.0 Å². The molecule has 15 aromatic heterocycles. The van der Waals surface area contributed by atoms with E-state index in [0.717, 1.165) is 162 Å². The van der Waals surface area contributed by atoms with Crippen LogP contribution < -0.4 is 22.8 Å². The van der Waals surface area contributed by atoms with Gasteiger partial charge in [0.15, 0.2) is 58.9 Å². The van der Waals surface area contributed by atoms with Gasteiger partial charge in [-0.3, -0.25) is 0 Å². The topological polar surface area (TPSA) is 150 Å². The summed E-state index contributed by atoms with van der Waals surface area (Å²) in [6.07, 6.45) is 8.69. The Morgan fingerprint density at radius 1 is 0.328 bits per heavy atom. The highest BCUT2D eigenvalue weighted by molar-refractivity contribution is 6.13. The molecule has 648 valence electrons. The molecule has 5 aromatic carbocycles. The van der Waals surface area contributed by atoms with Gasteiger partial charge in [-0.15, -0.1) is 0 Å². The lowest BCUT2D eigenvalue weighted by Crippen LogP contribution is -2.31. The molecule has 128 heavy (non-hydrogen) atoms. The van der Waals surface area contributed by atoms with Crippen LogP contribution >= 0.6 is 0 Å². The monoisotopic (exact) mass is 1720 g/mol. The number of furan rings is 5. The Bertz CT molecular complexity index is 8650. The Labute approximate surface area is 788 Å². The molecular weight excluding hydrogens is 1580 g/mol. The summed E-state index contributed by atoms with van der Waals surface area (Å²) in [7, 11) is 9.13. The maximum Gasteiger partial charge on any atom is 0.227 e. The van der Waals surface area contributed by atoms with Gasteiger partial charge < -0.3 is 22.1 Å². The summed E-state index contributed by atoms with van der Waals surface area (Å²) in [5.74, 6) is -2.48. The summed E-state index contributed by atoms with van der Waals surface area (Å²) in [5.41, 5.74) is 22.3. The van der Waals surface area contributed by atoms with Crippen LogP contribution in [0.15, 0.2) is 235 Å². The predicted molar refractivity (Wildman–Crippen MR) is 522 cm³/mol. The molecule has 20 aromatic rings. The molecule has 0 aliphatic carbocycles. The van der Waals surface area contributed by atoms with Gasteiger partial charge in [0.05, 0.1) is 27.8 Å². The number of aryl methyl sites for hydroxylation is 16. The van der Waals surface area contributed by atoms with Crippen molar-refractivity contribution in [2.24, 2.45) is 46.5 Å². The zero-order valence-electron chi connectivity index (χ0n) is 101. The molecule has 0 fully saturated rings. The van der Waals surface area contributed by atoms with E-state index in [9.17, 15) is 0 Å². The number of hydrogen-bond acceptors (Lipinski definition) is 10. The normalized spacial score (nSPS) is 16.2. The van der Waals surface area contributed by atoms with Crippen LogP contribution in [0.1, 0.15) is 202 Å².